The van der Waals surface area contributed by atoms with Crippen LogP contribution in [0, 0.1) is 10.8 Å². The van der Waals surface area contributed by atoms with Crippen LogP contribution in [-0.2, 0) is 9.47 Å². The van der Waals surface area contributed by atoms with Crippen LogP contribution in [-0.4, -0.2) is 37.0 Å². The van der Waals surface area contributed by atoms with E-state index in [1.54, 1.807) is 0 Å². The van der Waals surface area contributed by atoms with Crippen LogP contribution in [0.4, 0.5) is 9.59 Å². The van der Waals surface area contributed by atoms with Gasteiger partial charge < -0.3 is 20.1 Å². The van der Waals surface area contributed by atoms with E-state index in [-0.39, 0.29) is 41.3 Å². The van der Waals surface area contributed by atoms with E-state index in [9.17, 15) is 9.59 Å². The average Bonchev–Trinajstić information content (AvgIpc) is 2.67. The van der Waals surface area contributed by atoms with Crippen molar-refractivity contribution in [3.63, 3.8) is 0 Å². The number of alkyl carbamates (subject to hydrolysis) is 2. The smallest absolute Gasteiger partial charge is 0.407 e. The molecule has 3 aliphatic carbocycles. The minimum absolute atomic E-state index is 0.0582. The van der Waals surface area contributed by atoms with Gasteiger partial charge in [-0.1, -0.05) is 33.6 Å². The zero-order chi connectivity index (χ0) is 22.3. The fraction of sp³-hybridized carbons (Fsp3) is 0.920. The van der Waals surface area contributed by atoms with Crippen LogP contribution in [0.2, 0.25) is 0 Å². The van der Waals surface area contributed by atoms with Crippen molar-refractivity contribution in [2.75, 3.05) is 6.54 Å². The van der Waals surface area contributed by atoms with E-state index >= 15 is 0 Å². The number of hydrogen-bond donors (Lipinski definition) is 2. The monoisotopic (exact) mass is 436 g/mol. The highest BCUT2D eigenvalue weighted by Gasteiger charge is 2.41. The molecule has 3 aliphatic rings. The fourth-order valence-corrected chi connectivity index (χ4v) is 6.30. The molecule has 2 atom stereocenters. The second-order valence-corrected chi connectivity index (χ2v) is 11.4. The Morgan fingerprint density at radius 2 is 1.35 bits per heavy atom. The van der Waals surface area contributed by atoms with Gasteiger partial charge in [0.25, 0.3) is 0 Å². The summed E-state index contributed by atoms with van der Waals surface area (Å²) in [6.45, 7) is 7.44. The van der Waals surface area contributed by atoms with Crippen molar-refractivity contribution in [1.29, 1.82) is 0 Å². The number of ether oxygens (including phenoxy) is 2. The Kier molecular flexibility index (Phi) is 8.51. The molecule has 0 saturated heterocycles. The lowest BCUT2D eigenvalue weighted by atomic mass is 9.61. The summed E-state index contributed by atoms with van der Waals surface area (Å²) in [6, 6.07) is 0.110. The first-order valence-corrected chi connectivity index (χ1v) is 12.6. The molecular formula is C25H44N2O4. The van der Waals surface area contributed by atoms with Crippen LogP contribution in [0.5, 0.6) is 0 Å². The molecule has 0 spiro atoms. The Bertz CT molecular complexity index is 596. The van der Waals surface area contributed by atoms with Crippen LogP contribution in [0.3, 0.4) is 0 Å². The van der Waals surface area contributed by atoms with Crippen molar-refractivity contribution in [3.8, 4) is 0 Å². The molecule has 31 heavy (non-hydrogen) atoms. The number of nitrogens with one attached hydrogen (secondary N) is 2. The zero-order valence-corrected chi connectivity index (χ0v) is 20.0. The van der Waals surface area contributed by atoms with Crippen LogP contribution in [0.15, 0.2) is 0 Å². The van der Waals surface area contributed by atoms with Crippen molar-refractivity contribution in [2.45, 2.75) is 129 Å². The summed E-state index contributed by atoms with van der Waals surface area (Å²) in [5.41, 5.74) is 0.195. The van der Waals surface area contributed by atoms with Crippen molar-refractivity contribution in [2.24, 2.45) is 10.8 Å². The SMILES string of the molecule is CC1(C)CC(NC(=O)OC2CCCCC2)CC(C)(CCNC(=O)OC2CCCCC2)C1. The van der Waals surface area contributed by atoms with E-state index in [2.05, 4.69) is 31.4 Å². The molecule has 3 fully saturated rings. The number of hydrogen-bond acceptors (Lipinski definition) is 4. The molecule has 6 heteroatoms. The van der Waals surface area contributed by atoms with E-state index < -0.39 is 0 Å². The van der Waals surface area contributed by atoms with Crippen molar-refractivity contribution in [3.05, 3.63) is 0 Å². The molecule has 2 amide bonds. The molecular weight excluding hydrogens is 392 g/mol. The highest BCUT2D eigenvalue weighted by atomic mass is 16.6. The van der Waals surface area contributed by atoms with Crippen LogP contribution in [0.25, 0.3) is 0 Å². The van der Waals surface area contributed by atoms with Crippen molar-refractivity contribution < 1.29 is 19.1 Å². The quantitative estimate of drug-likeness (QED) is 0.529. The van der Waals surface area contributed by atoms with Gasteiger partial charge in [-0.15, -0.1) is 0 Å². The second kappa shape index (κ2) is 10.9. The van der Waals surface area contributed by atoms with Crippen LogP contribution < -0.4 is 10.6 Å². The third kappa shape index (κ3) is 8.19. The minimum atomic E-state index is -0.281. The summed E-state index contributed by atoms with van der Waals surface area (Å²) in [7, 11) is 0. The molecule has 0 aliphatic heterocycles. The van der Waals surface area contributed by atoms with Crippen LogP contribution in [0.1, 0.15) is 111 Å². The number of amides is 2. The molecule has 3 rings (SSSR count). The van der Waals surface area contributed by atoms with Crippen molar-refractivity contribution >= 4 is 12.2 Å². The third-order valence-corrected chi connectivity index (χ3v) is 7.42. The van der Waals surface area contributed by atoms with E-state index in [4.69, 9.17) is 9.47 Å². The Morgan fingerprint density at radius 3 is 1.94 bits per heavy atom. The normalized spacial score (nSPS) is 29.7. The Morgan fingerprint density at radius 1 is 0.806 bits per heavy atom. The Labute approximate surface area is 188 Å². The topological polar surface area (TPSA) is 76.7 Å². The summed E-state index contributed by atoms with van der Waals surface area (Å²) < 4.78 is 11.3. The van der Waals surface area contributed by atoms with E-state index in [1.807, 2.05) is 0 Å². The highest BCUT2D eigenvalue weighted by molar-refractivity contribution is 5.68. The predicted molar refractivity (Wildman–Crippen MR) is 122 cm³/mol. The predicted octanol–water partition coefficient (Wildman–Crippen LogP) is 6.08. The molecule has 2 unspecified atom stereocenters. The summed E-state index contributed by atoms with van der Waals surface area (Å²) >= 11 is 0. The molecule has 0 heterocycles. The lowest BCUT2D eigenvalue weighted by Crippen LogP contribution is -2.48. The molecule has 178 valence electrons. The average molecular weight is 437 g/mol. The maximum Gasteiger partial charge on any atom is 0.407 e. The zero-order valence-electron chi connectivity index (χ0n) is 20.0. The lowest BCUT2D eigenvalue weighted by molar-refractivity contribution is 0.0441. The van der Waals surface area contributed by atoms with Gasteiger partial charge in [-0.2, -0.15) is 0 Å². The van der Waals surface area contributed by atoms with Gasteiger partial charge in [0.1, 0.15) is 12.2 Å². The molecule has 3 saturated carbocycles. The minimum Gasteiger partial charge on any atom is -0.446 e. The van der Waals surface area contributed by atoms with Gasteiger partial charge in [0.05, 0.1) is 0 Å². The van der Waals surface area contributed by atoms with Gasteiger partial charge in [0.2, 0.25) is 0 Å². The first kappa shape index (κ1) is 24.2. The van der Waals surface area contributed by atoms with E-state index in [0.717, 1.165) is 77.0 Å². The fourth-order valence-electron chi connectivity index (χ4n) is 6.30. The molecule has 0 aromatic carbocycles. The highest BCUT2D eigenvalue weighted by Crippen LogP contribution is 2.47. The van der Waals surface area contributed by atoms with Crippen LogP contribution >= 0.6 is 0 Å². The van der Waals surface area contributed by atoms with Gasteiger partial charge >= 0.3 is 12.2 Å². The van der Waals surface area contributed by atoms with Gasteiger partial charge in [-0.3, -0.25) is 0 Å². The van der Waals surface area contributed by atoms with Crippen molar-refractivity contribution in [1.82, 2.24) is 10.6 Å². The summed E-state index contributed by atoms with van der Waals surface area (Å²) in [6.07, 6.45) is 14.5. The molecule has 6 nitrogen and oxygen atoms in total. The van der Waals surface area contributed by atoms with Gasteiger partial charge in [-0.05, 0) is 87.9 Å². The summed E-state index contributed by atoms with van der Waals surface area (Å²) in [4.78, 5) is 24.7. The molecule has 2 N–H and O–H groups in total. The maximum absolute atomic E-state index is 12.5. The second-order valence-electron chi connectivity index (χ2n) is 11.4. The maximum atomic E-state index is 12.5. The van der Waals surface area contributed by atoms with Gasteiger partial charge in [-0.25, -0.2) is 9.59 Å². The first-order valence-electron chi connectivity index (χ1n) is 12.6. The standard InChI is InChI=1S/C25H44N2O4/c1-24(2)16-19(27-23(29)31-21-12-8-5-9-13-21)17-25(3,18-24)14-15-26-22(28)30-20-10-6-4-7-11-20/h19-21H,4-18H2,1-3H3,(H,26,28)(H,27,29). The number of carbonyl (C=O) groups excluding carboxylic acids is 2. The first-order chi connectivity index (χ1) is 14.7. The summed E-state index contributed by atoms with van der Waals surface area (Å²) in [5.74, 6) is 0. The number of carbonyl (C=O) groups is 2. The Balaban J connectivity index is 1.44. The third-order valence-electron chi connectivity index (χ3n) is 7.42. The molecule has 0 radical (unpaired) electrons. The lowest BCUT2D eigenvalue weighted by Gasteiger charge is -2.47. The largest absolute Gasteiger partial charge is 0.446 e. The van der Waals surface area contributed by atoms with E-state index in [0.29, 0.717) is 6.54 Å². The van der Waals surface area contributed by atoms with Gasteiger partial charge in [0.15, 0.2) is 0 Å². The molecule has 0 bridgehead atoms. The molecule has 0 aromatic heterocycles. The van der Waals surface area contributed by atoms with Gasteiger partial charge in [0, 0.05) is 12.6 Å². The summed E-state index contributed by atoms with van der Waals surface area (Å²) in [5, 5.41) is 6.12. The Hall–Kier alpha value is -1.46. The number of rotatable bonds is 6. The molecule has 0 aromatic rings. The van der Waals surface area contributed by atoms with E-state index in [1.165, 1.54) is 12.8 Å².